The van der Waals surface area contributed by atoms with Crippen LogP contribution >= 0.6 is 11.3 Å². The fourth-order valence-corrected chi connectivity index (χ4v) is 3.54. The molecule has 2 amide bonds. The highest BCUT2D eigenvalue weighted by atomic mass is 32.1. The molecule has 0 unspecified atom stereocenters. The maximum atomic E-state index is 12.8. The van der Waals surface area contributed by atoms with E-state index in [0.29, 0.717) is 5.13 Å². The molecule has 0 aliphatic carbocycles. The molecule has 2 aromatic rings. The Morgan fingerprint density at radius 2 is 1.96 bits per heavy atom. The Morgan fingerprint density at radius 1 is 1.21 bits per heavy atom. The fraction of sp³-hybridized carbons (Fsp3) is 0.389. The van der Waals surface area contributed by atoms with Crippen molar-refractivity contribution in [3.05, 3.63) is 40.9 Å². The molecule has 1 fully saturated rings. The minimum absolute atomic E-state index is 0.0166. The van der Waals surface area contributed by atoms with Gasteiger partial charge in [-0.2, -0.15) is 13.2 Å². The number of likely N-dealkylation sites (tertiary alicyclic amines) is 1. The number of nitrogens with one attached hydrogen (secondary N) is 2. The molecule has 0 saturated carbocycles. The highest BCUT2D eigenvalue weighted by Crippen LogP contribution is 2.31. The number of anilines is 2. The number of hydrogen-bond donors (Lipinski definition) is 2. The van der Waals surface area contributed by atoms with Crippen LogP contribution in [0.1, 0.15) is 35.3 Å². The van der Waals surface area contributed by atoms with Gasteiger partial charge in [0.2, 0.25) is 5.91 Å². The third-order valence-corrected chi connectivity index (χ3v) is 5.02. The summed E-state index contributed by atoms with van der Waals surface area (Å²) < 4.78 is 38.3. The second-order valence-electron chi connectivity index (χ2n) is 6.34. The average molecular weight is 412 g/mol. The number of aromatic nitrogens is 1. The van der Waals surface area contributed by atoms with Crippen LogP contribution in [0.5, 0.6) is 0 Å². The summed E-state index contributed by atoms with van der Waals surface area (Å²) in [5.41, 5.74) is -0.393. The van der Waals surface area contributed by atoms with Crippen LogP contribution in [0.25, 0.3) is 0 Å². The van der Waals surface area contributed by atoms with Gasteiger partial charge in [-0.05, 0) is 31.0 Å². The highest BCUT2D eigenvalue weighted by Gasteiger charge is 2.30. The zero-order chi connectivity index (χ0) is 20.1. The van der Waals surface area contributed by atoms with E-state index in [2.05, 4.69) is 15.6 Å². The van der Waals surface area contributed by atoms with Crippen LogP contribution in [0.15, 0.2) is 29.6 Å². The number of benzene rings is 1. The maximum Gasteiger partial charge on any atom is 0.416 e. The van der Waals surface area contributed by atoms with Gasteiger partial charge >= 0.3 is 6.18 Å². The van der Waals surface area contributed by atoms with Crippen LogP contribution in [-0.2, 0) is 11.0 Å². The zero-order valence-electron chi connectivity index (χ0n) is 14.9. The second kappa shape index (κ2) is 8.59. The SMILES string of the molecule is O=C(NCCC(=O)N1CCCC1)c1csc(Nc2cccc(C(F)(F)F)c2)n1. The number of halogens is 3. The predicted molar refractivity (Wildman–Crippen MR) is 99.6 cm³/mol. The summed E-state index contributed by atoms with van der Waals surface area (Å²) in [5.74, 6) is -0.412. The predicted octanol–water partition coefficient (Wildman–Crippen LogP) is 3.65. The molecule has 0 radical (unpaired) electrons. The Balaban J connectivity index is 1.52. The molecule has 1 aromatic heterocycles. The number of rotatable bonds is 6. The van der Waals surface area contributed by atoms with Gasteiger partial charge in [-0.15, -0.1) is 11.3 Å². The molecule has 150 valence electrons. The van der Waals surface area contributed by atoms with E-state index in [1.54, 1.807) is 4.90 Å². The van der Waals surface area contributed by atoms with Crippen LogP contribution in [0.2, 0.25) is 0 Å². The third-order valence-electron chi connectivity index (χ3n) is 4.26. The van der Waals surface area contributed by atoms with Crippen LogP contribution in [-0.4, -0.2) is 41.3 Å². The minimum Gasteiger partial charge on any atom is -0.350 e. The first-order valence-corrected chi connectivity index (χ1v) is 9.67. The standard InChI is InChI=1S/C18H19F3N4O2S/c19-18(20,21)12-4-3-5-13(10-12)23-17-24-14(11-28-17)16(27)22-7-6-15(26)25-8-1-2-9-25/h3-5,10-11H,1-2,6-9H2,(H,22,27)(H,23,24). The lowest BCUT2D eigenvalue weighted by Crippen LogP contribution is -2.32. The Kier molecular flexibility index (Phi) is 6.18. The van der Waals surface area contributed by atoms with Gasteiger partial charge in [0.25, 0.3) is 5.91 Å². The Labute approximate surface area is 163 Å². The van der Waals surface area contributed by atoms with Crippen molar-refractivity contribution in [2.75, 3.05) is 25.0 Å². The van der Waals surface area contributed by atoms with Crippen LogP contribution < -0.4 is 10.6 Å². The Morgan fingerprint density at radius 3 is 2.68 bits per heavy atom. The molecule has 2 N–H and O–H groups in total. The van der Waals surface area contributed by atoms with E-state index in [1.165, 1.54) is 17.5 Å². The van der Waals surface area contributed by atoms with E-state index in [1.807, 2.05) is 0 Å². The fourth-order valence-electron chi connectivity index (χ4n) is 2.83. The summed E-state index contributed by atoms with van der Waals surface area (Å²) in [7, 11) is 0. The summed E-state index contributed by atoms with van der Waals surface area (Å²) in [6, 6.07) is 4.74. The number of thiazole rings is 1. The van der Waals surface area contributed by atoms with E-state index in [9.17, 15) is 22.8 Å². The molecule has 3 rings (SSSR count). The smallest absolute Gasteiger partial charge is 0.350 e. The molecule has 1 saturated heterocycles. The molecular weight excluding hydrogens is 393 g/mol. The molecule has 1 aliphatic rings. The van der Waals surface area contributed by atoms with Gasteiger partial charge in [-0.1, -0.05) is 6.07 Å². The zero-order valence-corrected chi connectivity index (χ0v) is 15.7. The Hall–Kier alpha value is -2.62. The molecule has 10 heteroatoms. The van der Waals surface area contributed by atoms with Crippen molar-refractivity contribution in [1.29, 1.82) is 0 Å². The number of hydrogen-bond acceptors (Lipinski definition) is 5. The van der Waals surface area contributed by atoms with Crippen LogP contribution in [0.4, 0.5) is 24.0 Å². The quantitative estimate of drug-likeness (QED) is 0.760. The molecule has 0 atom stereocenters. The first-order valence-electron chi connectivity index (χ1n) is 8.79. The number of nitrogens with zero attached hydrogens (tertiary/aromatic N) is 2. The van der Waals surface area contributed by atoms with Crippen LogP contribution in [0, 0.1) is 0 Å². The van der Waals surface area contributed by atoms with Crippen molar-refractivity contribution in [1.82, 2.24) is 15.2 Å². The monoisotopic (exact) mass is 412 g/mol. The van der Waals surface area contributed by atoms with Crippen molar-refractivity contribution in [3.8, 4) is 0 Å². The molecule has 6 nitrogen and oxygen atoms in total. The van der Waals surface area contributed by atoms with Crippen molar-refractivity contribution < 1.29 is 22.8 Å². The molecule has 2 heterocycles. The molecule has 28 heavy (non-hydrogen) atoms. The van der Waals surface area contributed by atoms with Gasteiger partial charge < -0.3 is 15.5 Å². The van der Waals surface area contributed by atoms with E-state index in [4.69, 9.17) is 0 Å². The minimum atomic E-state index is -4.43. The van der Waals surface area contributed by atoms with Gasteiger partial charge in [0, 0.05) is 37.1 Å². The van der Waals surface area contributed by atoms with Crippen LogP contribution in [0.3, 0.4) is 0 Å². The molecule has 0 bridgehead atoms. The van der Waals surface area contributed by atoms with Gasteiger partial charge in [0.15, 0.2) is 5.13 Å². The third kappa shape index (κ3) is 5.22. The molecular formula is C18H19F3N4O2S. The van der Waals surface area contributed by atoms with Gasteiger partial charge in [-0.3, -0.25) is 9.59 Å². The van der Waals surface area contributed by atoms with Gasteiger partial charge in [-0.25, -0.2) is 4.98 Å². The van der Waals surface area contributed by atoms with Crippen molar-refractivity contribution in [2.45, 2.75) is 25.4 Å². The lowest BCUT2D eigenvalue weighted by Gasteiger charge is -2.14. The van der Waals surface area contributed by atoms with Crippen molar-refractivity contribution in [2.24, 2.45) is 0 Å². The number of amides is 2. The highest BCUT2D eigenvalue weighted by molar-refractivity contribution is 7.14. The normalized spacial score (nSPS) is 14.2. The Bertz CT molecular complexity index is 847. The number of carbonyl (C=O) groups is 2. The largest absolute Gasteiger partial charge is 0.416 e. The topological polar surface area (TPSA) is 74.3 Å². The average Bonchev–Trinajstić information content (AvgIpc) is 3.33. The maximum absolute atomic E-state index is 12.8. The van der Waals surface area contributed by atoms with Crippen molar-refractivity contribution >= 4 is 34.0 Å². The lowest BCUT2D eigenvalue weighted by atomic mass is 10.2. The summed E-state index contributed by atoms with van der Waals surface area (Å²) in [5, 5.41) is 7.22. The number of alkyl halides is 3. The van der Waals surface area contributed by atoms with Gasteiger partial charge in [0.05, 0.1) is 5.56 Å². The first kappa shape index (κ1) is 20.1. The number of carbonyl (C=O) groups excluding carboxylic acids is 2. The van der Waals surface area contributed by atoms with E-state index in [0.717, 1.165) is 49.4 Å². The van der Waals surface area contributed by atoms with E-state index >= 15 is 0 Å². The summed E-state index contributed by atoms with van der Waals surface area (Å²) in [6.07, 6.45) is -2.18. The molecule has 0 spiro atoms. The summed E-state index contributed by atoms with van der Waals surface area (Å²) in [4.78, 5) is 29.9. The van der Waals surface area contributed by atoms with E-state index in [-0.39, 0.29) is 30.3 Å². The summed E-state index contributed by atoms with van der Waals surface area (Å²) >= 11 is 1.11. The second-order valence-corrected chi connectivity index (χ2v) is 7.19. The summed E-state index contributed by atoms with van der Waals surface area (Å²) in [6.45, 7) is 1.74. The van der Waals surface area contributed by atoms with E-state index < -0.39 is 17.6 Å². The first-order chi connectivity index (χ1) is 13.3. The molecule has 1 aromatic carbocycles. The molecule has 1 aliphatic heterocycles. The van der Waals surface area contributed by atoms with Crippen molar-refractivity contribution in [3.63, 3.8) is 0 Å². The lowest BCUT2D eigenvalue weighted by molar-refractivity contribution is -0.137. The van der Waals surface area contributed by atoms with Gasteiger partial charge in [0.1, 0.15) is 5.69 Å².